The predicted molar refractivity (Wildman–Crippen MR) is 77.2 cm³/mol. The monoisotopic (exact) mass is 279 g/mol. The fraction of sp³-hybridized carbons (Fsp3) is 0.643. The number of thiophene rings is 1. The molecule has 2 atom stereocenters. The van der Waals surface area contributed by atoms with Gasteiger partial charge in [-0.25, -0.2) is 0 Å². The Kier molecular flexibility index (Phi) is 3.60. The number of fused-ring (bicyclic) bond motifs is 3. The van der Waals surface area contributed by atoms with Gasteiger partial charge in [-0.2, -0.15) is 0 Å². The number of nitrogens with two attached hydrogens (primary N) is 1. The highest BCUT2D eigenvalue weighted by Crippen LogP contribution is 2.32. The molecule has 19 heavy (non-hydrogen) atoms. The molecule has 1 amide bonds. The standard InChI is InChI=1S/C14H21N3OS/c1-9-13(10-4-6-17(9)7-5-10)16-14(18)12-3-2-11(8-15)19-12/h2-3,9-10,13H,4-8,15H2,1H3,(H,16,18)/t9-,13+/m1/s1. The first-order valence-electron chi connectivity index (χ1n) is 7.02. The molecular weight excluding hydrogens is 258 g/mol. The molecule has 4 nitrogen and oxygen atoms in total. The van der Waals surface area contributed by atoms with E-state index in [-0.39, 0.29) is 5.91 Å². The Labute approximate surface area is 118 Å². The zero-order valence-corrected chi connectivity index (χ0v) is 12.1. The van der Waals surface area contributed by atoms with Crippen molar-refractivity contribution in [2.75, 3.05) is 13.1 Å². The predicted octanol–water partition coefficient (Wildman–Crippen LogP) is 1.42. The molecule has 0 unspecified atom stereocenters. The van der Waals surface area contributed by atoms with Crippen molar-refractivity contribution in [2.45, 2.75) is 38.4 Å². The summed E-state index contributed by atoms with van der Waals surface area (Å²) >= 11 is 1.50. The van der Waals surface area contributed by atoms with Gasteiger partial charge in [-0.1, -0.05) is 0 Å². The van der Waals surface area contributed by atoms with Gasteiger partial charge in [-0.3, -0.25) is 9.69 Å². The van der Waals surface area contributed by atoms with Gasteiger partial charge in [0.05, 0.1) is 4.88 Å². The Morgan fingerprint density at radius 2 is 2.21 bits per heavy atom. The van der Waals surface area contributed by atoms with Gasteiger partial charge in [0.2, 0.25) is 0 Å². The molecule has 0 spiro atoms. The number of carbonyl (C=O) groups excluding carboxylic acids is 1. The SMILES string of the molecule is C[C@@H]1[C@H](NC(=O)c2ccc(CN)s2)C2CCN1CC2. The van der Waals surface area contributed by atoms with Crippen LogP contribution in [0.3, 0.4) is 0 Å². The number of nitrogens with zero attached hydrogens (tertiary/aromatic N) is 1. The molecule has 3 aliphatic rings. The summed E-state index contributed by atoms with van der Waals surface area (Å²) in [4.78, 5) is 16.6. The van der Waals surface area contributed by atoms with E-state index in [4.69, 9.17) is 5.73 Å². The van der Waals surface area contributed by atoms with Crippen molar-refractivity contribution in [3.8, 4) is 0 Å². The van der Waals surface area contributed by atoms with Gasteiger partial charge in [-0.15, -0.1) is 11.3 Å². The minimum Gasteiger partial charge on any atom is -0.347 e. The van der Waals surface area contributed by atoms with Crippen molar-refractivity contribution in [3.63, 3.8) is 0 Å². The molecule has 1 aromatic heterocycles. The maximum absolute atomic E-state index is 12.3. The summed E-state index contributed by atoms with van der Waals surface area (Å²) in [5, 5.41) is 3.24. The van der Waals surface area contributed by atoms with Crippen molar-refractivity contribution in [1.82, 2.24) is 10.2 Å². The number of hydrogen-bond acceptors (Lipinski definition) is 4. The Morgan fingerprint density at radius 1 is 1.47 bits per heavy atom. The molecule has 5 heteroatoms. The van der Waals surface area contributed by atoms with E-state index in [1.807, 2.05) is 12.1 Å². The normalized spacial score (nSPS) is 33.4. The average molecular weight is 279 g/mol. The van der Waals surface area contributed by atoms with E-state index >= 15 is 0 Å². The van der Waals surface area contributed by atoms with Crippen LogP contribution in [-0.4, -0.2) is 36.0 Å². The lowest BCUT2D eigenvalue weighted by Gasteiger charge is -2.49. The number of hydrogen-bond donors (Lipinski definition) is 2. The van der Waals surface area contributed by atoms with Crippen LogP contribution in [0.2, 0.25) is 0 Å². The van der Waals surface area contributed by atoms with Crippen LogP contribution < -0.4 is 11.1 Å². The van der Waals surface area contributed by atoms with Crippen LogP contribution in [0.15, 0.2) is 12.1 Å². The largest absolute Gasteiger partial charge is 0.347 e. The molecule has 0 radical (unpaired) electrons. The lowest BCUT2D eigenvalue weighted by Crippen LogP contribution is -2.62. The molecule has 3 aliphatic heterocycles. The van der Waals surface area contributed by atoms with Crippen molar-refractivity contribution in [3.05, 3.63) is 21.9 Å². The number of piperidine rings is 3. The first kappa shape index (κ1) is 13.1. The van der Waals surface area contributed by atoms with Crippen LogP contribution >= 0.6 is 11.3 Å². The molecule has 0 saturated carbocycles. The summed E-state index contributed by atoms with van der Waals surface area (Å²) in [7, 11) is 0. The van der Waals surface area contributed by atoms with Crippen LogP contribution in [0, 0.1) is 5.92 Å². The molecule has 0 aliphatic carbocycles. The minimum atomic E-state index is 0.0651. The van der Waals surface area contributed by atoms with Crippen LogP contribution in [0.1, 0.15) is 34.3 Å². The van der Waals surface area contributed by atoms with Gasteiger partial charge in [0.1, 0.15) is 0 Å². The maximum Gasteiger partial charge on any atom is 0.261 e. The highest BCUT2D eigenvalue weighted by Gasteiger charge is 2.40. The van der Waals surface area contributed by atoms with Crippen molar-refractivity contribution < 1.29 is 4.79 Å². The summed E-state index contributed by atoms with van der Waals surface area (Å²) < 4.78 is 0. The zero-order chi connectivity index (χ0) is 13.4. The third-order valence-corrected chi connectivity index (χ3v) is 5.67. The molecule has 2 bridgehead atoms. The van der Waals surface area contributed by atoms with E-state index in [9.17, 15) is 4.79 Å². The van der Waals surface area contributed by atoms with Crippen LogP contribution in [0.4, 0.5) is 0 Å². The van der Waals surface area contributed by atoms with E-state index in [1.54, 1.807) is 0 Å². The molecule has 4 heterocycles. The second kappa shape index (κ2) is 5.23. The fourth-order valence-electron chi connectivity index (χ4n) is 3.38. The van der Waals surface area contributed by atoms with E-state index < -0.39 is 0 Å². The van der Waals surface area contributed by atoms with Crippen LogP contribution in [0.25, 0.3) is 0 Å². The van der Waals surface area contributed by atoms with Crippen LogP contribution in [-0.2, 0) is 6.54 Å². The van der Waals surface area contributed by atoms with Gasteiger partial charge in [0.25, 0.3) is 5.91 Å². The van der Waals surface area contributed by atoms with Crippen molar-refractivity contribution in [1.29, 1.82) is 0 Å². The van der Waals surface area contributed by atoms with Gasteiger partial charge < -0.3 is 11.1 Å². The Bertz CT molecular complexity index is 463. The molecule has 3 N–H and O–H groups in total. The molecule has 0 aromatic carbocycles. The molecule has 1 aromatic rings. The quantitative estimate of drug-likeness (QED) is 0.880. The first-order chi connectivity index (χ1) is 9.19. The molecule has 3 fully saturated rings. The summed E-state index contributed by atoms with van der Waals surface area (Å²) in [5.41, 5.74) is 5.59. The maximum atomic E-state index is 12.3. The highest BCUT2D eigenvalue weighted by molar-refractivity contribution is 7.14. The Hall–Kier alpha value is -0.910. The molecule has 3 saturated heterocycles. The van der Waals surface area contributed by atoms with E-state index in [0.29, 0.717) is 24.5 Å². The second-order valence-electron chi connectivity index (χ2n) is 5.58. The second-order valence-corrected chi connectivity index (χ2v) is 6.75. The average Bonchev–Trinajstić information content (AvgIpc) is 2.92. The summed E-state index contributed by atoms with van der Waals surface area (Å²) in [6, 6.07) is 4.59. The third-order valence-electron chi connectivity index (χ3n) is 4.56. The van der Waals surface area contributed by atoms with E-state index in [0.717, 1.165) is 9.75 Å². The third kappa shape index (κ3) is 2.42. The number of amides is 1. The van der Waals surface area contributed by atoms with E-state index in [1.165, 1.54) is 37.3 Å². The van der Waals surface area contributed by atoms with Crippen LogP contribution in [0.5, 0.6) is 0 Å². The minimum absolute atomic E-state index is 0.0651. The van der Waals surface area contributed by atoms with Gasteiger partial charge >= 0.3 is 0 Å². The van der Waals surface area contributed by atoms with Gasteiger partial charge in [0.15, 0.2) is 0 Å². The lowest BCUT2D eigenvalue weighted by molar-refractivity contribution is 0.0218. The Balaban J connectivity index is 1.69. The number of nitrogens with one attached hydrogen (secondary N) is 1. The van der Waals surface area contributed by atoms with E-state index in [2.05, 4.69) is 17.1 Å². The summed E-state index contributed by atoms with van der Waals surface area (Å²) in [5.74, 6) is 0.716. The summed E-state index contributed by atoms with van der Waals surface area (Å²) in [6.07, 6.45) is 2.43. The van der Waals surface area contributed by atoms with Gasteiger partial charge in [0, 0.05) is 23.5 Å². The van der Waals surface area contributed by atoms with Gasteiger partial charge in [-0.05, 0) is 50.9 Å². The smallest absolute Gasteiger partial charge is 0.261 e. The van der Waals surface area contributed by atoms with Crippen molar-refractivity contribution >= 4 is 17.2 Å². The molecular formula is C14H21N3OS. The Morgan fingerprint density at radius 3 is 2.79 bits per heavy atom. The summed E-state index contributed by atoms with van der Waals surface area (Å²) in [6.45, 7) is 5.12. The molecule has 4 rings (SSSR count). The zero-order valence-electron chi connectivity index (χ0n) is 11.3. The number of rotatable bonds is 3. The fourth-order valence-corrected chi connectivity index (χ4v) is 4.17. The first-order valence-corrected chi connectivity index (χ1v) is 7.84. The topological polar surface area (TPSA) is 58.4 Å². The number of carbonyl (C=O) groups is 1. The van der Waals surface area contributed by atoms with Crippen molar-refractivity contribution in [2.24, 2.45) is 11.7 Å². The molecule has 104 valence electrons. The lowest BCUT2D eigenvalue weighted by atomic mass is 9.79. The highest BCUT2D eigenvalue weighted by atomic mass is 32.1.